The molecule has 2 nitrogen and oxygen atoms in total. The molecule has 0 saturated heterocycles. The molecule has 236 valence electrons. The summed E-state index contributed by atoms with van der Waals surface area (Å²) in [6, 6.07) is 61.9. The first-order valence-electron chi connectivity index (χ1n) is 17.5. The van der Waals surface area contributed by atoms with Crippen LogP contribution in [0.3, 0.4) is 0 Å². The van der Waals surface area contributed by atoms with Gasteiger partial charge in [-0.1, -0.05) is 127 Å². The number of hydrogen-bond donors (Lipinski definition) is 0. The highest BCUT2D eigenvalue weighted by Gasteiger charge is 2.17. The van der Waals surface area contributed by atoms with Crippen molar-refractivity contribution in [1.29, 1.82) is 0 Å². The number of nitrogens with zero attached hydrogens (tertiary/aromatic N) is 2. The van der Waals surface area contributed by atoms with Crippen LogP contribution in [0.5, 0.6) is 0 Å². The first-order valence-corrected chi connectivity index (χ1v) is 17.5. The Morgan fingerprint density at radius 3 is 1.56 bits per heavy atom. The fourth-order valence-electron chi connectivity index (χ4n) is 8.04. The molecule has 0 radical (unpaired) electrons. The van der Waals surface area contributed by atoms with Gasteiger partial charge in [0.2, 0.25) is 0 Å². The van der Waals surface area contributed by atoms with Crippen molar-refractivity contribution < 1.29 is 0 Å². The average Bonchev–Trinajstić information content (AvgIpc) is 3.71. The molecule has 2 aromatic heterocycles. The molecule has 7 aromatic carbocycles. The highest BCUT2D eigenvalue weighted by Crippen LogP contribution is 2.39. The van der Waals surface area contributed by atoms with E-state index in [1.165, 1.54) is 82.8 Å². The van der Waals surface area contributed by atoms with Crippen LogP contribution in [0.25, 0.3) is 71.7 Å². The Morgan fingerprint density at radius 2 is 0.940 bits per heavy atom. The van der Waals surface area contributed by atoms with Crippen molar-refractivity contribution in [3.63, 3.8) is 0 Å². The molecule has 0 spiro atoms. The Labute approximate surface area is 291 Å². The molecule has 1 aliphatic rings. The molecule has 10 rings (SSSR count). The van der Waals surface area contributed by atoms with Gasteiger partial charge in [-0.2, -0.15) is 0 Å². The van der Waals surface area contributed by atoms with Crippen LogP contribution in [-0.2, 0) is 0 Å². The number of fused-ring (bicyclic) bond motifs is 6. The van der Waals surface area contributed by atoms with Gasteiger partial charge < -0.3 is 9.13 Å². The molecule has 0 aliphatic heterocycles. The fraction of sp³-hybridized carbons (Fsp3) is 0.0417. The van der Waals surface area contributed by atoms with Gasteiger partial charge in [-0.3, -0.25) is 0 Å². The lowest BCUT2D eigenvalue weighted by atomic mass is 9.88. The Bertz CT molecular complexity index is 2780. The third kappa shape index (κ3) is 4.64. The van der Waals surface area contributed by atoms with Gasteiger partial charge in [-0.25, -0.2) is 0 Å². The van der Waals surface area contributed by atoms with Crippen LogP contribution < -0.4 is 0 Å². The van der Waals surface area contributed by atoms with Gasteiger partial charge >= 0.3 is 0 Å². The normalized spacial score (nSPS) is 14.6. The standard InChI is InChI=1S/C48H34N2/c1-3-12-33(13-4-1)34-22-24-35(25-23-34)36-14-11-17-40(30-36)50-46-21-10-8-19-42(46)44-32-38(27-29-48(44)50)37-26-28-47-43(31-37)41-18-7-9-20-45(41)49(47)39-15-5-2-6-16-39/h1-22,24-32,34H,23H2. The summed E-state index contributed by atoms with van der Waals surface area (Å²) in [6.07, 6.45) is 8.06. The van der Waals surface area contributed by atoms with E-state index in [4.69, 9.17) is 0 Å². The minimum Gasteiger partial charge on any atom is -0.309 e. The maximum atomic E-state index is 2.43. The Balaban J connectivity index is 1.06. The predicted octanol–water partition coefficient (Wildman–Crippen LogP) is 12.7. The monoisotopic (exact) mass is 638 g/mol. The summed E-state index contributed by atoms with van der Waals surface area (Å²) in [5.74, 6) is 0.429. The Morgan fingerprint density at radius 1 is 0.400 bits per heavy atom. The maximum Gasteiger partial charge on any atom is 0.0541 e. The van der Waals surface area contributed by atoms with E-state index >= 15 is 0 Å². The molecular weight excluding hydrogens is 605 g/mol. The van der Waals surface area contributed by atoms with Crippen molar-refractivity contribution in [2.24, 2.45) is 0 Å². The molecule has 0 fully saturated rings. The molecule has 0 N–H and O–H groups in total. The Kier molecular flexibility index (Phi) is 6.67. The predicted molar refractivity (Wildman–Crippen MR) is 211 cm³/mol. The minimum absolute atomic E-state index is 0.429. The molecule has 0 amide bonds. The number of hydrogen-bond acceptors (Lipinski definition) is 0. The van der Waals surface area contributed by atoms with E-state index in [0.29, 0.717) is 5.92 Å². The number of para-hydroxylation sites is 3. The highest BCUT2D eigenvalue weighted by atomic mass is 15.0. The summed E-state index contributed by atoms with van der Waals surface area (Å²) < 4.78 is 4.80. The van der Waals surface area contributed by atoms with E-state index in [1.54, 1.807) is 0 Å². The number of allylic oxidation sites excluding steroid dienone is 4. The van der Waals surface area contributed by atoms with Crippen LogP contribution in [0, 0.1) is 0 Å². The maximum absolute atomic E-state index is 2.43. The first kappa shape index (κ1) is 28.6. The van der Waals surface area contributed by atoms with E-state index in [2.05, 4.69) is 197 Å². The second-order valence-electron chi connectivity index (χ2n) is 13.3. The molecule has 1 unspecified atom stereocenters. The first-order chi connectivity index (χ1) is 24.8. The summed E-state index contributed by atoms with van der Waals surface area (Å²) in [5.41, 5.74) is 13.6. The minimum atomic E-state index is 0.429. The van der Waals surface area contributed by atoms with Crippen molar-refractivity contribution in [3.05, 3.63) is 199 Å². The third-order valence-electron chi connectivity index (χ3n) is 10.5. The lowest BCUT2D eigenvalue weighted by Gasteiger charge is -2.17. The van der Waals surface area contributed by atoms with Crippen LogP contribution in [0.1, 0.15) is 23.5 Å². The van der Waals surface area contributed by atoms with Crippen LogP contribution in [0.2, 0.25) is 0 Å². The average molecular weight is 639 g/mol. The van der Waals surface area contributed by atoms with Gasteiger partial charge in [0.15, 0.2) is 0 Å². The molecule has 2 heteroatoms. The summed E-state index contributed by atoms with van der Waals surface area (Å²) in [6.45, 7) is 0. The van der Waals surface area contributed by atoms with Gasteiger partial charge in [0.25, 0.3) is 0 Å². The zero-order valence-electron chi connectivity index (χ0n) is 27.6. The molecular formula is C48H34N2. The molecule has 1 aliphatic carbocycles. The van der Waals surface area contributed by atoms with Crippen LogP contribution in [0.15, 0.2) is 188 Å². The van der Waals surface area contributed by atoms with E-state index in [-0.39, 0.29) is 0 Å². The topological polar surface area (TPSA) is 9.86 Å². The van der Waals surface area contributed by atoms with Crippen LogP contribution >= 0.6 is 0 Å². The summed E-state index contributed by atoms with van der Waals surface area (Å²) in [5, 5.41) is 5.06. The summed E-state index contributed by atoms with van der Waals surface area (Å²) in [4.78, 5) is 0. The molecule has 0 saturated carbocycles. The van der Waals surface area contributed by atoms with Gasteiger partial charge in [0.05, 0.1) is 22.1 Å². The lowest BCUT2D eigenvalue weighted by Crippen LogP contribution is -1.99. The third-order valence-corrected chi connectivity index (χ3v) is 10.5. The van der Waals surface area contributed by atoms with E-state index in [9.17, 15) is 0 Å². The zero-order chi connectivity index (χ0) is 33.0. The number of aromatic nitrogens is 2. The fourth-order valence-corrected chi connectivity index (χ4v) is 8.04. The summed E-state index contributed by atoms with van der Waals surface area (Å²) in [7, 11) is 0. The number of rotatable bonds is 5. The molecule has 9 aromatic rings. The van der Waals surface area contributed by atoms with Crippen molar-refractivity contribution in [1.82, 2.24) is 9.13 Å². The lowest BCUT2D eigenvalue weighted by molar-refractivity contribution is 0.856. The molecule has 2 heterocycles. The van der Waals surface area contributed by atoms with Crippen molar-refractivity contribution >= 4 is 49.2 Å². The second-order valence-corrected chi connectivity index (χ2v) is 13.3. The number of benzene rings is 7. The quantitative estimate of drug-likeness (QED) is 0.178. The van der Waals surface area contributed by atoms with E-state index in [1.807, 2.05) is 0 Å². The summed E-state index contributed by atoms with van der Waals surface area (Å²) >= 11 is 0. The molecule has 50 heavy (non-hydrogen) atoms. The van der Waals surface area contributed by atoms with Crippen molar-refractivity contribution in [2.45, 2.75) is 12.3 Å². The highest BCUT2D eigenvalue weighted by molar-refractivity contribution is 6.12. The second kappa shape index (κ2) is 11.6. The Hall–Kier alpha value is -6.38. The van der Waals surface area contributed by atoms with Gasteiger partial charge in [-0.05, 0) is 94.9 Å². The van der Waals surface area contributed by atoms with Gasteiger partial charge in [-0.15, -0.1) is 0 Å². The largest absolute Gasteiger partial charge is 0.309 e. The van der Waals surface area contributed by atoms with E-state index < -0.39 is 0 Å². The van der Waals surface area contributed by atoms with Crippen molar-refractivity contribution in [3.8, 4) is 22.5 Å². The SMILES string of the molecule is C1=CC(c2ccccc2)CC=C1c1cccc(-n2c3ccccc3c3cc(-c4ccc5c(c4)c4ccccc4n5-c4ccccc4)ccc32)c1. The van der Waals surface area contributed by atoms with E-state index in [0.717, 1.165) is 6.42 Å². The smallest absolute Gasteiger partial charge is 0.0541 e. The zero-order valence-corrected chi connectivity index (χ0v) is 27.6. The van der Waals surface area contributed by atoms with Gasteiger partial charge in [0.1, 0.15) is 0 Å². The van der Waals surface area contributed by atoms with Crippen LogP contribution in [0.4, 0.5) is 0 Å². The van der Waals surface area contributed by atoms with Crippen molar-refractivity contribution in [2.75, 3.05) is 0 Å². The van der Waals surface area contributed by atoms with Crippen LogP contribution in [-0.4, -0.2) is 9.13 Å². The molecule has 1 atom stereocenters. The van der Waals surface area contributed by atoms with Gasteiger partial charge in [0, 0.05) is 38.8 Å². The molecule has 0 bridgehead atoms.